The zero-order valence-electron chi connectivity index (χ0n) is 22.1. The van der Waals surface area contributed by atoms with E-state index in [2.05, 4.69) is 17.2 Å². The number of rotatable bonds is 10. The lowest BCUT2D eigenvalue weighted by Gasteiger charge is -2.34. The van der Waals surface area contributed by atoms with Crippen LogP contribution in [-0.2, 0) is 14.3 Å². The van der Waals surface area contributed by atoms with Crippen molar-refractivity contribution in [3.05, 3.63) is 71.3 Å². The van der Waals surface area contributed by atoms with Gasteiger partial charge in [0.15, 0.2) is 0 Å². The smallest absolute Gasteiger partial charge is 0.408 e. The molecule has 0 saturated carbocycles. The van der Waals surface area contributed by atoms with Crippen LogP contribution in [0.2, 0.25) is 0 Å². The lowest BCUT2D eigenvalue weighted by atomic mass is 9.99. The highest BCUT2D eigenvalue weighted by Gasteiger charge is 2.36. The van der Waals surface area contributed by atoms with E-state index in [9.17, 15) is 24.6 Å². The number of carbonyl (C=O) groups is 3. The molecule has 0 aliphatic heterocycles. The Morgan fingerprint density at radius 2 is 1.70 bits per heavy atom. The van der Waals surface area contributed by atoms with Gasteiger partial charge in [0.2, 0.25) is 5.91 Å². The second kappa shape index (κ2) is 13.0. The molecule has 2 atom stereocenters. The van der Waals surface area contributed by atoms with Gasteiger partial charge in [0.25, 0.3) is 5.91 Å². The van der Waals surface area contributed by atoms with E-state index in [1.54, 1.807) is 51.1 Å². The van der Waals surface area contributed by atoms with Crippen LogP contribution in [0, 0.1) is 13.8 Å². The number of nitrogens with zero attached hydrogens (tertiary/aromatic N) is 1. The monoisotopic (exact) mass is 511 g/mol. The Bertz CT molecular complexity index is 1100. The van der Waals surface area contributed by atoms with Gasteiger partial charge in [0, 0.05) is 12.2 Å². The first-order chi connectivity index (χ1) is 17.4. The van der Waals surface area contributed by atoms with Crippen molar-refractivity contribution >= 4 is 29.7 Å². The number of nitrogens with one attached hydrogen (secondary N) is 2. The van der Waals surface area contributed by atoms with Crippen molar-refractivity contribution in [1.82, 2.24) is 10.2 Å². The second-order valence-corrected chi connectivity index (χ2v) is 9.67. The zero-order chi connectivity index (χ0) is 27.8. The van der Waals surface area contributed by atoms with Gasteiger partial charge in [0.05, 0.1) is 13.2 Å². The van der Waals surface area contributed by atoms with Gasteiger partial charge in [0.1, 0.15) is 17.7 Å². The first-order valence-electron chi connectivity index (χ1n) is 12.0. The van der Waals surface area contributed by atoms with Gasteiger partial charge in [-0.15, -0.1) is 0 Å². The Morgan fingerprint density at radius 3 is 2.24 bits per heavy atom. The number of ether oxygens (including phenoxy) is 1. The van der Waals surface area contributed by atoms with Gasteiger partial charge in [-0.1, -0.05) is 49.1 Å². The van der Waals surface area contributed by atoms with Gasteiger partial charge in [-0.2, -0.15) is 0 Å². The normalized spacial score (nSPS) is 12.7. The van der Waals surface area contributed by atoms with Crippen molar-refractivity contribution in [2.45, 2.75) is 52.3 Å². The van der Waals surface area contributed by atoms with E-state index in [0.717, 1.165) is 21.6 Å². The molecule has 2 aromatic rings. The molecule has 0 aliphatic carbocycles. The fraction of sp³-hybridized carbons (Fsp3) is 0.393. The van der Waals surface area contributed by atoms with Crippen molar-refractivity contribution < 1.29 is 29.3 Å². The molecule has 4 N–H and O–H groups in total. The molecule has 0 radical (unpaired) electrons. The second-order valence-electron chi connectivity index (χ2n) is 9.67. The van der Waals surface area contributed by atoms with Gasteiger partial charge >= 0.3 is 6.09 Å². The van der Waals surface area contributed by atoms with Crippen LogP contribution in [0.1, 0.15) is 49.1 Å². The number of alkyl carbamates (subject to hydrolysis) is 1. The third-order valence-corrected chi connectivity index (χ3v) is 5.55. The Hall–Kier alpha value is -3.69. The van der Waals surface area contributed by atoms with Gasteiger partial charge in [-0.25, -0.2) is 4.79 Å². The SMILES string of the molecule is C=Cc1cccc(C(C(=O)Nc2c(C)cccc2C)N(CCO)C(=O)C(CO)NC(=O)OC(C)(C)C)c1. The third kappa shape index (κ3) is 8.16. The predicted molar refractivity (Wildman–Crippen MR) is 143 cm³/mol. The van der Waals surface area contributed by atoms with E-state index in [0.29, 0.717) is 11.3 Å². The molecule has 200 valence electrons. The lowest BCUT2D eigenvalue weighted by molar-refractivity contribution is -0.142. The Kier molecular flexibility index (Phi) is 10.4. The Balaban J connectivity index is 2.52. The number of anilines is 1. The summed E-state index contributed by atoms with van der Waals surface area (Å²) in [5, 5.41) is 25.1. The standard InChI is InChI=1S/C28H37N3O6/c1-7-20-12-9-13-21(16-20)24(25(34)30-23-18(2)10-8-11-19(23)3)31(14-15-32)26(35)22(17-33)29-27(36)37-28(4,5)6/h7-13,16,22,24,32-33H,1,14-15,17H2,2-6H3,(H,29,36)(H,30,34). The number of hydrogen-bond acceptors (Lipinski definition) is 6. The first kappa shape index (κ1) is 29.5. The van der Waals surface area contributed by atoms with E-state index >= 15 is 0 Å². The highest BCUT2D eigenvalue weighted by Crippen LogP contribution is 2.27. The minimum atomic E-state index is -1.40. The summed E-state index contributed by atoms with van der Waals surface area (Å²) in [6, 6.07) is 9.95. The molecule has 0 fully saturated rings. The van der Waals surface area contributed by atoms with Crippen molar-refractivity contribution in [3.63, 3.8) is 0 Å². The maximum Gasteiger partial charge on any atom is 0.408 e. The number of aryl methyl sites for hydroxylation is 2. The molecule has 3 amide bonds. The number of para-hydroxylation sites is 1. The fourth-order valence-corrected chi connectivity index (χ4v) is 3.84. The largest absolute Gasteiger partial charge is 0.444 e. The maximum absolute atomic E-state index is 13.8. The summed E-state index contributed by atoms with van der Waals surface area (Å²) >= 11 is 0. The molecule has 0 heterocycles. The third-order valence-electron chi connectivity index (χ3n) is 5.55. The summed E-state index contributed by atoms with van der Waals surface area (Å²) in [4.78, 5) is 40.9. The summed E-state index contributed by atoms with van der Waals surface area (Å²) < 4.78 is 5.22. The molecule has 37 heavy (non-hydrogen) atoms. The van der Waals surface area contributed by atoms with Crippen LogP contribution >= 0.6 is 0 Å². The highest BCUT2D eigenvalue weighted by molar-refractivity contribution is 6.00. The van der Waals surface area contributed by atoms with Crippen LogP contribution in [0.15, 0.2) is 49.0 Å². The molecule has 0 aromatic heterocycles. The number of carbonyl (C=O) groups excluding carboxylic acids is 3. The van der Waals surface area contributed by atoms with Crippen molar-refractivity contribution in [2.24, 2.45) is 0 Å². The molecular weight excluding hydrogens is 474 g/mol. The summed E-state index contributed by atoms with van der Waals surface area (Å²) in [7, 11) is 0. The van der Waals surface area contributed by atoms with E-state index in [1.165, 1.54) is 0 Å². The van der Waals surface area contributed by atoms with Gasteiger partial charge in [-0.3, -0.25) is 9.59 Å². The molecule has 9 nitrogen and oxygen atoms in total. The molecule has 2 rings (SSSR count). The maximum atomic E-state index is 13.8. The number of hydrogen-bond donors (Lipinski definition) is 4. The molecule has 2 unspecified atom stereocenters. The van der Waals surface area contributed by atoms with E-state index in [-0.39, 0.29) is 6.54 Å². The Morgan fingerprint density at radius 1 is 1.08 bits per heavy atom. The predicted octanol–water partition coefficient (Wildman–Crippen LogP) is 3.33. The lowest BCUT2D eigenvalue weighted by Crippen LogP contribution is -2.54. The number of benzene rings is 2. The number of amides is 3. The minimum absolute atomic E-state index is 0.228. The molecule has 0 aliphatic rings. The molecule has 2 aromatic carbocycles. The first-order valence-corrected chi connectivity index (χ1v) is 12.0. The summed E-state index contributed by atoms with van der Waals surface area (Å²) in [5.74, 6) is -1.28. The van der Waals surface area contributed by atoms with Gasteiger partial charge in [-0.05, 0) is 62.9 Å². The van der Waals surface area contributed by atoms with E-state index in [1.807, 2.05) is 32.0 Å². The van der Waals surface area contributed by atoms with Crippen molar-refractivity contribution in [1.29, 1.82) is 0 Å². The van der Waals surface area contributed by atoms with Crippen LogP contribution < -0.4 is 10.6 Å². The molecule has 0 spiro atoms. The molecule has 0 saturated heterocycles. The summed E-state index contributed by atoms with van der Waals surface area (Å²) in [6.07, 6.45) is 0.719. The molecule has 0 bridgehead atoms. The van der Waals surface area contributed by atoms with Crippen molar-refractivity contribution in [2.75, 3.05) is 25.1 Å². The summed E-state index contributed by atoms with van der Waals surface area (Å²) in [5.41, 5.74) is 2.66. The molecular formula is C28H37N3O6. The van der Waals surface area contributed by atoms with Crippen LogP contribution in [0.3, 0.4) is 0 Å². The van der Waals surface area contributed by atoms with Gasteiger partial charge < -0.3 is 30.5 Å². The highest BCUT2D eigenvalue weighted by atomic mass is 16.6. The fourth-order valence-electron chi connectivity index (χ4n) is 3.84. The quantitative estimate of drug-likeness (QED) is 0.387. The van der Waals surface area contributed by atoms with Crippen LogP contribution in [0.25, 0.3) is 6.08 Å². The van der Waals surface area contributed by atoms with Crippen molar-refractivity contribution in [3.8, 4) is 0 Å². The average molecular weight is 512 g/mol. The summed E-state index contributed by atoms with van der Waals surface area (Å²) in [6.45, 7) is 11.1. The molecule has 9 heteroatoms. The van der Waals surface area contributed by atoms with Crippen LogP contribution in [0.4, 0.5) is 10.5 Å². The zero-order valence-corrected chi connectivity index (χ0v) is 22.1. The van der Waals surface area contributed by atoms with Crippen LogP contribution in [-0.4, -0.2) is 64.4 Å². The minimum Gasteiger partial charge on any atom is -0.444 e. The average Bonchev–Trinajstić information content (AvgIpc) is 2.83. The number of aliphatic hydroxyl groups excluding tert-OH is 2. The van der Waals surface area contributed by atoms with E-state index in [4.69, 9.17) is 4.74 Å². The van der Waals surface area contributed by atoms with Crippen LogP contribution in [0.5, 0.6) is 0 Å². The Labute approximate surface area is 218 Å². The topological polar surface area (TPSA) is 128 Å². The van der Waals surface area contributed by atoms with E-state index < -0.39 is 48.8 Å². The number of aliphatic hydroxyl groups is 2.